The van der Waals surface area contributed by atoms with Crippen LogP contribution in [0.1, 0.15) is 6.92 Å². The Kier molecular flexibility index (Phi) is 1.51. The summed E-state index contributed by atoms with van der Waals surface area (Å²) in [5.74, 6) is 0. The third-order valence-corrected chi connectivity index (χ3v) is 0.757. The highest BCUT2D eigenvalue weighted by atomic mass is 16.5. The van der Waals surface area contributed by atoms with Crippen LogP contribution in [0.5, 0.6) is 0 Å². The molecule has 0 atom stereocenters. The number of nitrogens with zero attached hydrogens (tertiary/aromatic N) is 1. The second kappa shape index (κ2) is 2.35. The Morgan fingerprint density at radius 3 is 3.38 bits per heavy atom. The highest BCUT2D eigenvalue weighted by Crippen LogP contribution is 1.99. The molecule has 3 nitrogen and oxygen atoms in total. The van der Waals surface area contributed by atoms with Crippen molar-refractivity contribution >= 4 is 5.69 Å². The summed E-state index contributed by atoms with van der Waals surface area (Å²) in [6.07, 6.45) is 4.13. The van der Waals surface area contributed by atoms with E-state index in [1.807, 2.05) is 6.92 Å². The number of rotatable bonds is 2. The van der Waals surface area contributed by atoms with Crippen LogP contribution >= 0.6 is 0 Å². The zero-order chi connectivity index (χ0) is 5.82. The maximum absolute atomic E-state index is 4.50. The Balaban J connectivity index is 2.50. The predicted molar refractivity (Wildman–Crippen MR) is 29.5 cm³/mol. The van der Waals surface area contributed by atoms with E-state index in [2.05, 4.69) is 21.2 Å². The largest absolute Gasteiger partial charge is 0.381 e. The minimum Gasteiger partial charge on any atom is -0.381 e. The summed E-state index contributed by atoms with van der Waals surface area (Å²) in [6.45, 7) is 2.87. The van der Waals surface area contributed by atoms with E-state index in [1.165, 1.54) is 6.26 Å². The fourth-order valence-electron chi connectivity index (χ4n) is 0.453. The maximum Gasteiger partial charge on any atom is 0.161 e. The Morgan fingerprint density at radius 1 is 2.00 bits per heavy atom. The van der Waals surface area contributed by atoms with Crippen molar-refractivity contribution in [2.24, 2.45) is 0 Å². The molecule has 43 valence electrons. The molecule has 0 aliphatic carbocycles. The molecule has 0 fully saturated rings. The molecular weight excluding hydrogens is 104 g/mol. The van der Waals surface area contributed by atoms with Crippen LogP contribution in [-0.4, -0.2) is 11.7 Å². The first kappa shape index (κ1) is 5.15. The van der Waals surface area contributed by atoms with Crippen molar-refractivity contribution < 1.29 is 4.52 Å². The first-order valence-electron chi connectivity index (χ1n) is 2.49. The summed E-state index contributed by atoms with van der Waals surface area (Å²) >= 11 is 0. The van der Waals surface area contributed by atoms with Crippen molar-refractivity contribution in [2.75, 3.05) is 11.9 Å². The molecule has 1 aromatic heterocycles. The summed E-state index contributed by atoms with van der Waals surface area (Å²) in [7, 11) is 0. The smallest absolute Gasteiger partial charge is 0.161 e. The summed E-state index contributed by atoms with van der Waals surface area (Å²) in [5, 5.41) is 6.35. The molecule has 0 saturated carbocycles. The van der Waals surface area contributed by atoms with E-state index in [-0.39, 0.29) is 0 Å². The lowest BCUT2D eigenvalue weighted by Crippen LogP contribution is -1.93. The summed E-state index contributed by atoms with van der Waals surface area (Å²) in [5.41, 5.74) is 0.813. The molecule has 1 heterocycles. The second-order valence-corrected chi connectivity index (χ2v) is 1.37. The van der Waals surface area contributed by atoms with E-state index >= 15 is 0 Å². The van der Waals surface area contributed by atoms with E-state index in [1.54, 1.807) is 0 Å². The summed E-state index contributed by atoms with van der Waals surface area (Å²) in [6, 6.07) is 0. The minimum atomic E-state index is 0.813. The Morgan fingerprint density at radius 2 is 2.88 bits per heavy atom. The Labute approximate surface area is 47.7 Å². The summed E-state index contributed by atoms with van der Waals surface area (Å²) < 4.78 is 4.50. The molecular formula is C5H7N2O. The fourth-order valence-corrected chi connectivity index (χ4v) is 0.453. The standard InChI is InChI=1S/C5H7N2O/c1-2-6-5-3-7-8-4-5/h4,6H,2H2,1H3. The van der Waals surface area contributed by atoms with Gasteiger partial charge in [-0.2, -0.15) is 0 Å². The van der Waals surface area contributed by atoms with Crippen LogP contribution in [0.4, 0.5) is 5.69 Å². The van der Waals surface area contributed by atoms with Crippen molar-refractivity contribution in [1.29, 1.82) is 0 Å². The maximum atomic E-state index is 4.50. The number of nitrogens with one attached hydrogen (secondary N) is 1. The van der Waals surface area contributed by atoms with Gasteiger partial charge in [-0.3, -0.25) is 0 Å². The van der Waals surface area contributed by atoms with Gasteiger partial charge in [-0.1, -0.05) is 5.16 Å². The first-order chi connectivity index (χ1) is 3.93. The normalized spacial score (nSPS) is 9.12. The number of hydrogen-bond acceptors (Lipinski definition) is 3. The Bertz CT molecular complexity index is 136. The van der Waals surface area contributed by atoms with Crippen LogP contribution in [0.3, 0.4) is 0 Å². The van der Waals surface area contributed by atoms with E-state index < -0.39 is 0 Å². The quantitative estimate of drug-likeness (QED) is 0.616. The van der Waals surface area contributed by atoms with Gasteiger partial charge < -0.3 is 9.84 Å². The van der Waals surface area contributed by atoms with Gasteiger partial charge in [0.05, 0.1) is 0 Å². The van der Waals surface area contributed by atoms with Gasteiger partial charge in [0.25, 0.3) is 0 Å². The summed E-state index contributed by atoms with van der Waals surface area (Å²) in [4.78, 5) is 0. The molecule has 0 aromatic carbocycles. The Hall–Kier alpha value is -0.990. The molecule has 0 bridgehead atoms. The van der Waals surface area contributed by atoms with Gasteiger partial charge in [0.1, 0.15) is 12.0 Å². The van der Waals surface area contributed by atoms with Crippen molar-refractivity contribution in [2.45, 2.75) is 6.92 Å². The molecule has 1 rings (SSSR count). The molecule has 0 spiro atoms. The van der Waals surface area contributed by atoms with Gasteiger partial charge in [-0.05, 0) is 6.92 Å². The molecule has 1 N–H and O–H groups in total. The van der Waals surface area contributed by atoms with E-state index in [0.29, 0.717) is 0 Å². The van der Waals surface area contributed by atoms with Gasteiger partial charge >= 0.3 is 0 Å². The molecule has 3 heteroatoms. The van der Waals surface area contributed by atoms with Gasteiger partial charge in [0, 0.05) is 6.54 Å². The highest BCUT2D eigenvalue weighted by Gasteiger charge is 1.88. The molecule has 0 unspecified atom stereocenters. The zero-order valence-corrected chi connectivity index (χ0v) is 4.64. The van der Waals surface area contributed by atoms with E-state index in [4.69, 9.17) is 0 Å². The molecule has 1 radical (unpaired) electrons. The number of hydrogen-bond donors (Lipinski definition) is 1. The van der Waals surface area contributed by atoms with Crippen molar-refractivity contribution in [3.8, 4) is 0 Å². The van der Waals surface area contributed by atoms with Crippen LogP contribution in [-0.2, 0) is 0 Å². The fraction of sp³-hybridized carbons (Fsp3) is 0.400. The monoisotopic (exact) mass is 111 g/mol. The van der Waals surface area contributed by atoms with E-state index in [9.17, 15) is 0 Å². The topological polar surface area (TPSA) is 38.1 Å². The third-order valence-electron chi connectivity index (χ3n) is 0.757. The molecule has 0 aliphatic heterocycles. The molecule has 1 aromatic rings. The van der Waals surface area contributed by atoms with Crippen molar-refractivity contribution in [1.82, 2.24) is 5.16 Å². The number of aromatic nitrogens is 1. The predicted octanol–water partition coefficient (Wildman–Crippen LogP) is 0.907. The van der Waals surface area contributed by atoms with Crippen LogP contribution in [0.25, 0.3) is 0 Å². The molecule has 0 saturated heterocycles. The van der Waals surface area contributed by atoms with Gasteiger partial charge in [0.2, 0.25) is 0 Å². The van der Waals surface area contributed by atoms with Crippen LogP contribution < -0.4 is 5.32 Å². The highest BCUT2D eigenvalue weighted by molar-refractivity contribution is 5.34. The van der Waals surface area contributed by atoms with E-state index in [0.717, 1.165) is 12.2 Å². The zero-order valence-electron chi connectivity index (χ0n) is 4.64. The van der Waals surface area contributed by atoms with Gasteiger partial charge in [-0.15, -0.1) is 0 Å². The lowest BCUT2D eigenvalue weighted by molar-refractivity contribution is 0.418. The van der Waals surface area contributed by atoms with Gasteiger partial charge in [0.15, 0.2) is 6.20 Å². The molecule has 0 aliphatic rings. The first-order valence-corrected chi connectivity index (χ1v) is 2.49. The number of anilines is 1. The third kappa shape index (κ3) is 0.992. The van der Waals surface area contributed by atoms with Crippen molar-refractivity contribution in [3.05, 3.63) is 12.5 Å². The average Bonchev–Trinajstić information content (AvgIpc) is 2.19. The second-order valence-electron chi connectivity index (χ2n) is 1.37. The van der Waals surface area contributed by atoms with Crippen LogP contribution in [0.15, 0.2) is 10.8 Å². The van der Waals surface area contributed by atoms with Crippen LogP contribution in [0, 0.1) is 6.20 Å². The van der Waals surface area contributed by atoms with Crippen molar-refractivity contribution in [3.63, 3.8) is 0 Å². The lowest BCUT2D eigenvalue weighted by atomic mass is 10.5. The lowest BCUT2D eigenvalue weighted by Gasteiger charge is -1.90. The minimum absolute atomic E-state index is 0.813. The molecule has 8 heavy (non-hydrogen) atoms. The molecule has 0 amide bonds. The van der Waals surface area contributed by atoms with Gasteiger partial charge in [-0.25, -0.2) is 0 Å². The SMILES string of the molecule is CCNc1[c]noc1. The van der Waals surface area contributed by atoms with Crippen LogP contribution in [0.2, 0.25) is 0 Å². The average molecular weight is 111 g/mol.